The molecule has 1 aliphatic carbocycles. The summed E-state index contributed by atoms with van der Waals surface area (Å²) in [5, 5.41) is 13.1. The van der Waals surface area contributed by atoms with Gasteiger partial charge in [0.2, 0.25) is 5.89 Å². The first-order valence-corrected chi connectivity index (χ1v) is 7.66. The highest BCUT2D eigenvalue weighted by atomic mass is 16.5. The molecule has 1 fully saturated rings. The number of carbonyl (C=O) groups is 1. The molecule has 0 radical (unpaired) electrons. The van der Waals surface area contributed by atoms with Crippen molar-refractivity contribution in [3.63, 3.8) is 0 Å². The maximum absolute atomic E-state index is 11.0. The average molecular weight is 280 g/mol. The summed E-state index contributed by atoms with van der Waals surface area (Å²) in [4.78, 5) is 15.5. The van der Waals surface area contributed by atoms with Gasteiger partial charge in [0.1, 0.15) is 0 Å². The van der Waals surface area contributed by atoms with Gasteiger partial charge < -0.3 is 9.63 Å². The molecule has 0 bridgehead atoms. The van der Waals surface area contributed by atoms with E-state index in [0.717, 1.165) is 18.7 Å². The second kappa shape index (κ2) is 6.86. The van der Waals surface area contributed by atoms with Crippen LogP contribution in [0.3, 0.4) is 0 Å². The molecule has 2 atom stereocenters. The second-order valence-corrected chi connectivity index (χ2v) is 5.95. The van der Waals surface area contributed by atoms with Gasteiger partial charge in [-0.25, -0.2) is 0 Å². The van der Waals surface area contributed by atoms with Crippen LogP contribution in [0.15, 0.2) is 4.52 Å². The number of hydrogen-bond acceptors (Lipinski definition) is 4. The highest BCUT2D eigenvalue weighted by Gasteiger charge is 2.27. The van der Waals surface area contributed by atoms with Crippen LogP contribution in [0.25, 0.3) is 0 Å². The molecule has 0 aliphatic heterocycles. The molecule has 1 saturated carbocycles. The Morgan fingerprint density at radius 1 is 1.20 bits per heavy atom. The fraction of sp³-hybridized carbons (Fsp3) is 0.800. The molecule has 0 aromatic carbocycles. The Hall–Kier alpha value is -1.39. The van der Waals surface area contributed by atoms with Crippen molar-refractivity contribution >= 4 is 5.97 Å². The molecule has 20 heavy (non-hydrogen) atoms. The topological polar surface area (TPSA) is 76.2 Å². The smallest absolute Gasteiger partial charge is 0.307 e. The Labute approximate surface area is 119 Å². The Balaban J connectivity index is 2.05. The molecule has 0 saturated heterocycles. The Bertz CT molecular complexity index is 436. The largest absolute Gasteiger partial charge is 0.481 e. The lowest BCUT2D eigenvalue weighted by molar-refractivity contribution is -0.141. The van der Waals surface area contributed by atoms with Gasteiger partial charge in [0.25, 0.3) is 0 Å². The van der Waals surface area contributed by atoms with Crippen molar-refractivity contribution in [2.75, 3.05) is 0 Å². The van der Waals surface area contributed by atoms with Crippen LogP contribution in [0.4, 0.5) is 0 Å². The number of aliphatic carboxylic acids is 1. The van der Waals surface area contributed by atoms with Crippen molar-refractivity contribution in [3.05, 3.63) is 11.7 Å². The molecular weight excluding hydrogens is 256 g/mol. The normalized spacial score (nSPS) is 20.9. The van der Waals surface area contributed by atoms with Crippen LogP contribution < -0.4 is 0 Å². The minimum Gasteiger partial charge on any atom is -0.481 e. The van der Waals surface area contributed by atoms with E-state index in [0.29, 0.717) is 11.8 Å². The first-order valence-electron chi connectivity index (χ1n) is 7.66. The molecule has 5 heteroatoms. The molecule has 2 rings (SSSR count). The van der Waals surface area contributed by atoms with Crippen LogP contribution in [0, 0.1) is 5.92 Å². The predicted octanol–water partition coefficient (Wildman–Crippen LogP) is 3.72. The number of nitrogens with zero attached hydrogens (tertiary/aromatic N) is 2. The van der Waals surface area contributed by atoms with Crippen molar-refractivity contribution in [2.45, 2.75) is 70.6 Å². The van der Waals surface area contributed by atoms with Gasteiger partial charge in [-0.15, -0.1) is 0 Å². The van der Waals surface area contributed by atoms with Gasteiger partial charge in [-0.05, 0) is 12.8 Å². The fourth-order valence-electron chi connectivity index (χ4n) is 2.74. The van der Waals surface area contributed by atoms with Crippen molar-refractivity contribution < 1.29 is 14.4 Å². The second-order valence-electron chi connectivity index (χ2n) is 5.95. The van der Waals surface area contributed by atoms with E-state index in [-0.39, 0.29) is 5.92 Å². The molecule has 1 heterocycles. The van der Waals surface area contributed by atoms with E-state index in [9.17, 15) is 4.79 Å². The highest BCUT2D eigenvalue weighted by molar-refractivity contribution is 5.70. The Morgan fingerprint density at radius 3 is 2.40 bits per heavy atom. The number of carboxylic acid groups (broad SMARTS) is 1. The van der Waals surface area contributed by atoms with E-state index in [1.807, 2.05) is 6.92 Å². The summed E-state index contributed by atoms with van der Waals surface area (Å²) >= 11 is 0. The lowest BCUT2D eigenvalue weighted by atomic mass is 9.90. The molecule has 1 aliphatic rings. The third kappa shape index (κ3) is 3.58. The Morgan fingerprint density at radius 2 is 1.80 bits per heavy atom. The summed E-state index contributed by atoms with van der Waals surface area (Å²) in [5.41, 5.74) is 0. The average Bonchev–Trinajstić information content (AvgIpc) is 2.86. The van der Waals surface area contributed by atoms with E-state index in [4.69, 9.17) is 9.63 Å². The van der Waals surface area contributed by atoms with E-state index in [2.05, 4.69) is 10.1 Å². The number of carboxylic acids is 1. The fourth-order valence-corrected chi connectivity index (χ4v) is 2.74. The van der Waals surface area contributed by atoms with Gasteiger partial charge in [0, 0.05) is 11.8 Å². The van der Waals surface area contributed by atoms with Crippen molar-refractivity contribution in [1.29, 1.82) is 0 Å². The molecule has 5 nitrogen and oxygen atoms in total. The molecule has 1 aromatic rings. The summed E-state index contributed by atoms with van der Waals surface area (Å²) < 4.78 is 5.30. The minimum absolute atomic E-state index is 0.248. The summed E-state index contributed by atoms with van der Waals surface area (Å²) in [6.07, 6.45) is 8.56. The standard InChI is InChI=1S/C15H24N2O3/c1-10(11(2)15(18)19)14-16-13(17-20-14)12-8-6-4-3-5-7-9-12/h10-12H,3-9H2,1-2H3,(H,18,19). The minimum atomic E-state index is -0.830. The van der Waals surface area contributed by atoms with Crippen molar-refractivity contribution in [1.82, 2.24) is 10.1 Å². The van der Waals surface area contributed by atoms with Gasteiger partial charge >= 0.3 is 5.97 Å². The van der Waals surface area contributed by atoms with E-state index in [1.54, 1.807) is 6.92 Å². The first-order chi connectivity index (χ1) is 9.59. The monoisotopic (exact) mass is 280 g/mol. The van der Waals surface area contributed by atoms with Gasteiger partial charge in [-0.2, -0.15) is 4.98 Å². The van der Waals surface area contributed by atoms with Crippen LogP contribution >= 0.6 is 0 Å². The Kier molecular flexibility index (Phi) is 5.15. The summed E-state index contributed by atoms with van der Waals surface area (Å²) in [6, 6.07) is 0. The third-order valence-electron chi connectivity index (χ3n) is 4.46. The molecule has 0 spiro atoms. The zero-order chi connectivity index (χ0) is 14.5. The van der Waals surface area contributed by atoms with E-state index >= 15 is 0 Å². The van der Waals surface area contributed by atoms with E-state index in [1.165, 1.54) is 32.1 Å². The quantitative estimate of drug-likeness (QED) is 0.909. The SMILES string of the molecule is CC(C(=O)O)C(C)c1nc(C2CCCCCCC2)no1. The molecule has 0 amide bonds. The first kappa shape index (κ1) is 15.0. The molecule has 1 N–H and O–H groups in total. The van der Waals surface area contributed by atoms with Crippen LogP contribution in [0.2, 0.25) is 0 Å². The number of rotatable bonds is 4. The van der Waals surface area contributed by atoms with E-state index < -0.39 is 11.9 Å². The van der Waals surface area contributed by atoms with Crippen LogP contribution in [0.5, 0.6) is 0 Å². The zero-order valence-corrected chi connectivity index (χ0v) is 12.3. The highest BCUT2D eigenvalue weighted by Crippen LogP contribution is 2.31. The van der Waals surface area contributed by atoms with Crippen LogP contribution in [-0.4, -0.2) is 21.2 Å². The maximum atomic E-state index is 11.0. The zero-order valence-electron chi connectivity index (χ0n) is 12.3. The lowest BCUT2D eigenvalue weighted by Crippen LogP contribution is -2.17. The lowest BCUT2D eigenvalue weighted by Gasteiger charge is -2.16. The predicted molar refractivity (Wildman–Crippen MR) is 74.6 cm³/mol. The molecular formula is C15H24N2O3. The van der Waals surface area contributed by atoms with Gasteiger partial charge in [0.05, 0.1) is 5.92 Å². The van der Waals surface area contributed by atoms with Gasteiger partial charge in [0.15, 0.2) is 5.82 Å². The summed E-state index contributed by atoms with van der Waals surface area (Å²) in [5.74, 6) is 0.00887. The number of hydrogen-bond donors (Lipinski definition) is 1. The van der Waals surface area contributed by atoms with Crippen molar-refractivity contribution in [3.8, 4) is 0 Å². The summed E-state index contributed by atoms with van der Waals surface area (Å²) in [6.45, 7) is 3.50. The number of aromatic nitrogens is 2. The third-order valence-corrected chi connectivity index (χ3v) is 4.46. The van der Waals surface area contributed by atoms with Crippen LogP contribution in [0.1, 0.15) is 82.3 Å². The van der Waals surface area contributed by atoms with Crippen LogP contribution in [-0.2, 0) is 4.79 Å². The maximum Gasteiger partial charge on any atom is 0.307 e. The molecule has 2 unspecified atom stereocenters. The summed E-state index contributed by atoms with van der Waals surface area (Å²) in [7, 11) is 0. The molecule has 112 valence electrons. The van der Waals surface area contributed by atoms with Gasteiger partial charge in [-0.1, -0.05) is 51.1 Å². The van der Waals surface area contributed by atoms with Gasteiger partial charge in [-0.3, -0.25) is 4.79 Å². The molecule has 1 aromatic heterocycles. The van der Waals surface area contributed by atoms with Crippen molar-refractivity contribution in [2.24, 2.45) is 5.92 Å².